The van der Waals surface area contributed by atoms with Crippen LogP contribution in [-0.2, 0) is 0 Å². The normalized spacial score (nSPS) is 17.2. The summed E-state index contributed by atoms with van der Waals surface area (Å²) >= 11 is 0. The molecule has 0 saturated carbocycles. The maximum atomic E-state index is 13.2. The van der Waals surface area contributed by atoms with Crippen molar-refractivity contribution in [3.05, 3.63) is 83.4 Å². The summed E-state index contributed by atoms with van der Waals surface area (Å²) in [6, 6.07) is 20.8. The van der Waals surface area contributed by atoms with Gasteiger partial charge in [-0.3, -0.25) is 4.79 Å². The lowest BCUT2D eigenvalue weighted by atomic mass is 9.84. The number of carbonyl (C=O) groups is 1. The molecule has 0 aliphatic carbocycles. The molecule has 0 aromatic heterocycles. The molecule has 6 nitrogen and oxygen atoms in total. The van der Waals surface area contributed by atoms with E-state index in [0.29, 0.717) is 17.1 Å². The lowest BCUT2D eigenvalue weighted by Gasteiger charge is -2.30. The van der Waals surface area contributed by atoms with Crippen LogP contribution >= 0.6 is 0 Å². The molecule has 40 heavy (non-hydrogen) atoms. The van der Waals surface area contributed by atoms with Gasteiger partial charge in [0.05, 0.1) is 11.4 Å². The van der Waals surface area contributed by atoms with E-state index in [9.17, 15) is 15.0 Å². The smallest absolute Gasteiger partial charge is 0.251 e. The van der Waals surface area contributed by atoms with Gasteiger partial charge in [-0.05, 0) is 80.1 Å². The first kappa shape index (κ1) is 27.9. The molecule has 1 amide bonds. The van der Waals surface area contributed by atoms with Gasteiger partial charge >= 0.3 is 0 Å². The number of hydrogen-bond acceptors (Lipinski definition) is 5. The number of phenolic OH excluding ortho intramolecular Hbond substituents is 2. The summed E-state index contributed by atoms with van der Waals surface area (Å²) < 4.78 is 0. The molecule has 1 atom stereocenters. The third-order valence-corrected chi connectivity index (χ3v) is 8.51. The van der Waals surface area contributed by atoms with Crippen molar-refractivity contribution in [2.45, 2.75) is 70.3 Å². The molecule has 2 aliphatic rings. The minimum Gasteiger partial charge on any atom is -0.506 e. The van der Waals surface area contributed by atoms with Gasteiger partial charge < -0.3 is 25.3 Å². The van der Waals surface area contributed by atoms with Crippen molar-refractivity contribution in [1.29, 1.82) is 0 Å². The second-order valence-corrected chi connectivity index (χ2v) is 11.4. The highest BCUT2D eigenvalue weighted by Crippen LogP contribution is 2.39. The minimum absolute atomic E-state index is 0.115. The zero-order valence-corrected chi connectivity index (χ0v) is 23.7. The Kier molecular flexibility index (Phi) is 9.15. The Balaban J connectivity index is 1.53. The summed E-state index contributed by atoms with van der Waals surface area (Å²) in [6.07, 6.45) is 9.34. The van der Waals surface area contributed by atoms with Crippen molar-refractivity contribution in [2.24, 2.45) is 0 Å². The Morgan fingerprint density at radius 1 is 0.675 bits per heavy atom. The van der Waals surface area contributed by atoms with E-state index < -0.39 is 0 Å². The zero-order chi connectivity index (χ0) is 27.9. The predicted molar refractivity (Wildman–Crippen MR) is 163 cm³/mol. The topological polar surface area (TPSA) is 76.0 Å². The Bertz CT molecular complexity index is 1190. The fraction of sp³-hybridized carbons (Fsp3) is 0.441. The third-order valence-electron chi connectivity index (χ3n) is 8.51. The molecule has 0 bridgehead atoms. The Morgan fingerprint density at radius 3 is 1.57 bits per heavy atom. The van der Waals surface area contributed by atoms with Gasteiger partial charge in [0.1, 0.15) is 11.5 Å². The van der Waals surface area contributed by atoms with Crippen LogP contribution in [0.25, 0.3) is 0 Å². The maximum Gasteiger partial charge on any atom is 0.251 e. The van der Waals surface area contributed by atoms with Crippen molar-refractivity contribution >= 4 is 17.3 Å². The number of benzene rings is 3. The van der Waals surface area contributed by atoms with Gasteiger partial charge in [-0.25, -0.2) is 0 Å². The molecule has 2 fully saturated rings. The number of aromatic hydroxyl groups is 2. The molecule has 0 spiro atoms. The molecule has 2 aliphatic heterocycles. The molecule has 3 aromatic rings. The lowest BCUT2D eigenvalue weighted by Crippen LogP contribution is -2.37. The highest BCUT2D eigenvalue weighted by molar-refractivity contribution is 5.94. The first-order chi connectivity index (χ1) is 19.5. The van der Waals surface area contributed by atoms with Gasteiger partial charge in [0.25, 0.3) is 5.91 Å². The van der Waals surface area contributed by atoms with Crippen LogP contribution in [0.3, 0.4) is 0 Å². The zero-order valence-electron chi connectivity index (χ0n) is 23.7. The standard InChI is InChI=1S/C34H43N3O3/c1-25(35-34(40)26-13-7-6-8-14-26)33(27-15-17-31(38)29(23-27)36-19-9-2-3-10-20-36)28-16-18-32(39)30(24-28)37-21-11-4-5-12-22-37/h6-8,13-18,23-25,33,38-39H,2-5,9-12,19-22H2,1H3,(H,35,40). The molecule has 2 saturated heterocycles. The van der Waals surface area contributed by atoms with Crippen LogP contribution in [0.1, 0.15) is 85.7 Å². The largest absolute Gasteiger partial charge is 0.506 e. The van der Waals surface area contributed by atoms with Crippen molar-refractivity contribution in [2.75, 3.05) is 36.0 Å². The van der Waals surface area contributed by atoms with Crippen LogP contribution in [0.2, 0.25) is 0 Å². The van der Waals surface area contributed by atoms with Gasteiger partial charge in [-0.15, -0.1) is 0 Å². The highest BCUT2D eigenvalue weighted by Gasteiger charge is 2.27. The number of phenols is 2. The second kappa shape index (κ2) is 13.1. The van der Waals surface area contributed by atoms with E-state index >= 15 is 0 Å². The number of rotatable bonds is 7. The summed E-state index contributed by atoms with van der Waals surface area (Å²) in [5.41, 5.74) is 4.41. The van der Waals surface area contributed by atoms with E-state index in [4.69, 9.17) is 0 Å². The van der Waals surface area contributed by atoms with Gasteiger partial charge in [0.15, 0.2) is 0 Å². The molecule has 2 heterocycles. The van der Waals surface area contributed by atoms with Crippen LogP contribution in [0, 0.1) is 0 Å². The molecular weight excluding hydrogens is 498 g/mol. The fourth-order valence-electron chi connectivity index (χ4n) is 6.33. The Labute approximate surface area is 238 Å². The molecular formula is C34H43N3O3. The van der Waals surface area contributed by atoms with Gasteiger partial charge in [-0.1, -0.05) is 56.0 Å². The van der Waals surface area contributed by atoms with E-state index in [0.717, 1.165) is 74.4 Å². The van der Waals surface area contributed by atoms with Crippen LogP contribution in [0.5, 0.6) is 11.5 Å². The molecule has 212 valence electrons. The van der Waals surface area contributed by atoms with Gasteiger partial charge in [0, 0.05) is 43.7 Å². The molecule has 6 heteroatoms. The average Bonchev–Trinajstić information content (AvgIpc) is 3.41. The second-order valence-electron chi connectivity index (χ2n) is 11.4. The van der Waals surface area contributed by atoms with Crippen LogP contribution in [-0.4, -0.2) is 48.3 Å². The summed E-state index contributed by atoms with van der Waals surface area (Å²) in [7, 11) is 0. The van der Waals surface area contributed by atoms with Crippen LogP contribution < -0.4 is 15.1 Å². The molecule has 0 radical (unpaired) electrons. The first-order valence-corrected chi connectivity index (χ1v) is 15.0. The van der Waals surface area contributed by atoms with Gasteiger partial charge in [0.2, 0.25) is 0 Å². The van der Waals surface area contributed by atoms with E-state index in [1.165, 1.54) is 25.7 Å². The lowest BCUT2D eigenvalue weighted by molar-refractivity contribution is 0.0937. The predicted octanol–water partition coefficient (Wildman–Crippen LogP) is 6.81. The van der Waals surface area contributed by atoms with Crippen molar-refractivity contribution in [3.63, 3.8) is 0 Å². The summed E-state index contributed by atoms with van der Waals surface area (Å²) in [5, 5.41) is 25.0. The van der Waals surface area contributed by atoms with E-state index in [1.54, 1.807) is 12.1 Å². The summed E-state index contributed by atoms with van der Waals surface area (Å²) in [5.74, 6) is 0.295. The fourth-order valence-corrected chi connectivity index (χ4v) is 6.33. The van der Waals surface area contributed by atoms with E-state index in [-0.39, 0.29) is 17.9 Å². The van der Waals surface area contributed by atoms with Crippen LogP contribution in [0.4, 0.5) is 11.4 Å². The number of nitrogens with zero attached hydrogens (tertiary/aromatic N) is 2. The molecule has 5 rings (SSSR count). The monoisotopic (exact) mass is 541 g/mol. The average molecular weight is 542 g/mol. The van der Waals surface area contributed by atoms with Crippen LogP contribution in [0.15, 0.2) is 66.7 Å². The summed E-state index contributed by atoms with van der Waals surface area (Å²) in [4.78, 5) is 17.8. The molecule has 3 aromatic carbocycles. The quantitative estimate of drug-likeness (QED) is 0.306. The highest BCUT2D eigenvalue weighted by atomic mass is 16.3. The minimum atomic E-state index is -0.240. The van der Waals surface area contributed by atoms with E-state index in [2.05, 4.69) is 27.2 Å². The number of amides is 1. The number of carbonyl (C=O) groups excluding carboxylic acids is 1. The summed E-state index contributed by atoms with van der Waals surface area (Å²) in [6.45, 7) is 5.77. The first-order valence-electron chi connectivity index (χ1n) is 15.0. The molecule has 1 unspecified atom stereocenters. The number of anilines is 2. The van der Waals surface area contributed by atoms with Crippen molar-refractivity contribution in [3.8, 4) is 11.5 Å². The Hall–Kier alpha value is -3.67. The van der Waals surface area contributed by atoms with Crippen molar-refractivity contribution < 1.29 is 15.0 Å². The van der Waals surface area contributed by atoms with Gasteiger partial charge in [-0.2, -0.15) is 0 Å². The SMILES string of the molecule is CC(NC(=O)c1ccccc1)C(c1ccc(O)c(N2CCCCCC2)c1)c1ccc(O)c(N2CCCCCC2)c1. The Morgan fingerprint density at radius 2 is 1.12 bits per heavy atom. The maximum absolute atomic E-state index is 13.2. The third kappa shape index (κ3) is 6.55. The number of nitrogens with one attached hydrogen (secondary N) is 1. The molecule has 3 N–H and O–H groups in total. The van der Waals surface area contributed by atoms with Crippen molar-refractivity contribution in [1.82, 2.24) is 5.32 Å². The number of hydrogen-bond donors (Lipinski definition) is 3. The van der Waals surface area contributed by atoms with E-state index in [1.807, 2.05) is 49.4 Å².